The molecule has 2 fully saturated rings. The molecule has 1 aromatic carbocycles. The van der Waals surface area contributed by atoms with Crippen LogP contribution in [-0.4, -0.2) is 31.1 Å². The van der Waals surface area contributed by atoms with Gasteiger partial charge in [0.25, 0.3) is 0 Å². The van der Waals surface area contributed by atoms with Gasteiger partial charge in [-0.15, -0.1) is 0 Å². The van der Waals surface area contributed by atoms with Crippen LogP contribution in [0.3, 0.4) is 0 Å². The fourth-order valence-corrected chi connectivity index (χ4v) is 6.80. The lowest BCUT2D eigenvalue weighted by Crippen LogP contribution is -2.57. The van der Waals surface area contributed by atoms with E-state index in [0.717, 1.165) is 24.9 Å². The molecule has 0 amide bonds. The number of aliphatic hydroxyl groups is 1. The van der Waals surface area contributed by atoms with Crippen LogP contribution in [0.25, 0.3) is 0 Å². The normalized spacial score (nSPS) is 35.7. The summed E-state index contributed by atoms with van der Waals surface area (Å²) < 4.78 is 0. The maximum absolute atomic E-state index is 12.9. The largest absolute Gasteiger partial charge is 0.391 e. The highest BCUT2D eigenvalue weighted by Gasteiger charge is 2.62. The molecule has 0 heterocycles. The zero-order valence-electron chi connectivity index (χ0n) is 18.8. The minimum atomic E-state index is -0.616. The molecule has 2 aliphatic rings. The molecule has 6 atom stereocenters. The summed E-state index contributed by atoms with van der Waals surface area (Å²) in [6.07, 6.45) is 3.21. The van der Waals surface area contributed by atoms with Gasteiger partial charge in [0.05, 0.1) is 11.5 Å². The summed E-state index contributed by atoms with van der Waals surface area (Å²) in [7, 11) is 4.09. The van der Waals surface area contributed by atoms with Crippen LogP contribution in [0.15, 0.2) is 24.3 Å². The van der Waals surface area contributed by atoms with E-state index >= 15 is 0 Å². The third-order valence-electron chi connectivity index (χ3n) is 8.19. The third kappa shape index (κ3) is 3.20. The number of rotatable bonds is 5. The molecule has 2 aliphatic carbocycles. The van der Waals surface area contributed by atoms with Crippen molar-refractivity contribution in [1.29, 1.82) is 0 Å². The second-order valence-corrected chi connectivity index (χ2v) is 10.4. The van der Waals surface area contributed by atoms with Gasteiger partial charge in [-0.3, -0.25) is 4.79 Å². The highest BCUT2D eigenvalue weighted by molar-refractivity contribution is 5.88. The first kappa shape index (κ1) is 21.4. The number of hydrogen-bond acceptors (Lipinski definition) is 3. The molecule has 28 heavy (non-hydrogen) atoms. The maximum Gasteiger partial charge on any atom is 0.141 e. The predicted octanol–water partition coefficient (Wildman–Crippen LogP) is 5.27. The van der Waals surface area contributed by atoms with Crippen molar-refractivity contribution in [2.45, 2.75) is 72.3 Å². The van der Waals surface area contributed by atoms with Crippen molar-refractivity contribution in [1.82, 2.24) is 0 Å². The number of nitrogens with zero attached hydrogens (tertiary/aromatic N) is 1. The summed E-state index contributed by atoms with van der Waals surface area (Å²) in [5.74, 6) is 1.32. The number of anilines is 1. The van der Waals surface area contributed by atoms with E-state index in [9.17, 15) is 9.90 Å². The van der Waals surface area contributed by atoms with Gasteiger partial charge in [0.1, 0.15) is 5.78 Å². The van der Waals surface area contributed by atoms with E-state index in [4.69, 9.17) is 0 Å². The zero-order chi connectivity index (χ0) is 20.9. The van der Waals surface area contributed by atoms with E-state index in [1.807, 2.05) is 21.0 Å². The van der Waals surface area contributed by atoms with Crippen molar-refractivity contribution in [2.24, 2.45) is 28.6 Å². The number of aliphatic hydroxyl groups excluding tert-OH is 1. The number of carbonyl (C=O) groups excluding carboxylic acids is 1. The SMILES string of the molecule is CCCC(C)(C)[C@@H]1[C@@H](C)[C@@H]2CCC(=O)[C@@]2(C)[C@@H](O)[C@@H]1c1ccc(N(C)C)cc1. The van der Waals surface area contributed by atoms with Gasteiger partial charge in [-0.2, -0.15) is 0 Å². The Bertz CT molecular complexity index is 708. The number of benzene rings is 1. The Balaban J connectivity index is 2.11. The molecule has 1 aromatic rings. The van der Waals surface area contributed by atoms with Crippen molar-refractivity contribution in [3.05, 3.63) is 29.8 Å². The minimum Gasteiger partial charge on any atom is -0.391 e. The van der Waals surface area contributed by atoms with Gasteiger partial charge in [-0.25, -0.2) is 0 Å². The molecule has 3 nitrogen and oxygen atoms in total. The molecule has 156 valence electrons. The van der Waals surface area contributed by atoms with Crippen molar-refractivity contribution in [3.8, 4) is 0 Å². The van der Waals surface area contributed by atoms with E-state index < -0.39 is 11.5 Å². The standard InChI is InChI=1S/C25H39NO2/c1-8-15-24(3,4)22-16(2)19-13-14-20(27)25(19,5)23(28)21(22)17-9-11-18(12-10-17)26(6)7/h9-12,16,19,21-23,28H,8,13-15H2,1-7H3/t16-,19-,21+,22+,23-,25-/m0/s1. The number of Topliss-reactive ketones (excluding diaryl/α,β-unsaturated/α-hetero) is 1. The van der Waals surface area contributed by atoms with Crippen LogP contribution in [0.1, 0.15) is 71.8 Å². The molecule has 1 N–H and O–H groups in total. The van der Waals surface area contributed by atoms with E-state index in [0.29, 0.717) is 18.3 Å². The second-order valence-electron chi connectivity index (χ2n) is 10.4. The predicted molar refractivity (Wildman–Crippen MR) is 117 cm³/mol. The van der Waals surface area contributed by atoms with E-state index in [-0.39, 0.29) is 23.0 Å². The lowest BCUT2D eigenvalue weighted by Gasteiger charge is -2.56. The van der Waals surface area contributed by atoms with Crippen LogP contribution in [0.5, 0.6) is 0 Å². The Kier molecular flexibility index (Phi) is 5.71. The minimum absolute atomic E-state index is 0.00365. The lowest BCUT2D eigenvalue weighted by molar-refractivity contribution is -0.152. The average molecular weight is 386 g/mol. The van der Waals surface area contributed by atoms with Gasteiger partial charge >= 0.3 is 0 Å². The Morgan fingerprint density at radius 3 is 2.36 bits per heavy atom. The molecular weight excluding hydrogens is 346 g/mol. The van der Waals surface area contributed by atoms with Crippen LogP contribution < -0.4 is 4.90 Å². The average Bonchev–Trinajstić information content (AvgIpc) is 2.94. The van der Waals surface area contributed by atoms with Gasteiger partial charge in [0.15, 0.2) is 0 Å². The smallest absolute Gasteiger partial charge is 0.141 e. The third-order valence-corrected chi connectivity index (χ3v) is 8.19. The first-order chi connectivity index (χ1) is 13.1. The number of ketones is 1. The second kappa shape index (κ2) is 7.48. The van der Waals surface area contributed by atoms with Gasteiger partial charge in [-0.05, 0) is 60.6 Å². The Morgan fingerprint density at radius 2 is 1.82 bits per heavy atom. The molecule has 0 saturated heterocycles. The summed E-state index contributed by atoms with van der Waals surface area (Å²) in [6.45, 7) is 11.4. The molecular formula is C25H39NO2. The molecule has 0 unspecified atom stereocenters. The highest BCUT2D eigenvalue weighted by Crippen LogP contribution is 2.62. The van der Waals surface area contributed by atoms with Crippen LogP contribution in [0.2, 0.25) is 0 Å². The monoisotopic (exact) mass is 385 g/mol. The van der Waals surface area contributed by atoms with Crippen molar-refractivity contribution >= 4 is 11.5 Å². The summed E-state index contributed by atoms with van der Waals surface area (Å²) in [4.78, 5) is 15.0. The molecule has 0 aromatic heterocycles. The van der Waals surface area contributed by atoms with Crippen LogP contribution in [0, 0.1) is 28.6 Å². The summed E-state index contributed by atoms with van der Waals surface area (Å²) in [5, 5.41) is 11.7. The molecule has 0 bridgehead atoms. The molecule has 0 spiro atoms. The molecule has 0 radical (unpaired) electrons. The van der Waals surface area contributed by atoms with Gasteiger partial charge in [0.2, 0.25) is 0 Å². The fourth-order valence-electron chi connectivity index (χ4n) is 6.80. The Morgan fingerprint density at radius 1 is 1.21 bits per heavy atom. The van der Waals surface area contributed by atoms with E-state index in [2.05, 4.69) is 56.9 Å². The number of fused-ring (bicyclic) bond motifs is 1. The molecule has 3 heteroatoms. The maximum atomic E-state index is 12.9. The van der Waals surface area contributed by atoms with E-state index in [1.165, 1.54) is 5.56 Å². The summed E-state index contributed by atoms with van der Waals surface area (Å²) in [5.41, 5.74) is 1.85. The van der Waals surface area contributed by atoms with Crippen molar-refractivity contribution < 1.29 is 9.90 Å². The summed E-state index contributed by atoms with van der Waals surface area (Å²) in [6, 6.07) is 8.63. The first-order valence-corrected chi connectivity index (χ1v) is 11.0. The zero-order valence-corrected chi connectivity index (χ0v) is 18.8. The van der Waals surface area contributed by atoms with Gasteiger partial charge in [-0.1, -0.05) is 46.2 Å². The summed E-state index contributed by atoms with van der Waals surface area (Å²) >= 11 is 0. The highest BCUT2D eigenvalue weighted by atomic mass is 16.3. The molecule has 0 aliphatic heterocycles. The van der Waals surface area contributed by atoms with Crippen molar-refractivity contribution in [3.63, 3.8) is 0 Å². The topological polar surface area (TPSA) is 40.5 Å². The van der Waals surface area contributed by atoms with Crippen molar-refractivity contribution in [2.75, 3.05) is 19.0 Å². The lowest BCUT2D eigenvalue weighted by atomic mass is 9.48. The van der Waals surface area contributed by atoms with Crippen LogP contribution in [0.4, 0.5) is 5.69 Å². The number of carbonyl (C=O) groups is 1. The van der Waals surface area contributed by atoms with Gasteiger partial charge < -0.3 is 10.0 Å². The Labute approximate surface area is 171 Å². The number of hydrogen-bond donors (Lipinski definition) is 1. The van der Waals surface area contributed by atoms with E-state index in [1.54, 1.807) is 0 Å². The van der Waals surface area contributed by atoms with Crippen LogP contribution in [-0.2, 0) is 4.79 Å². The molecule has 3 rings (SSSR count). The van der Waals surface area contributed by atoms with Crippen LogP contribution >= 0.6 is 0 Å². The first-order valence-electron chi connectivity index (χ1n) is 11.0. The quantitative estimate of drug-likeness (QED) is 0.750. The van der Waals surface area contributed by atoms with Gasteiger partial charge in [0, 0.05) is 32.1 Å². The fraction of sp³-hybridized carbons (Fsp3) is 0.720. The Hall–Kier alpha value is -1.35. The molecule has 2 saturated carbocycles.